The van der Waals surface area contributed by atoms with Crippen LogP contribution in [0.5, 0.6) is 0 Å². The zero-order valence-corrected chi connectivity index (χ0v) is 15.5. The van der Waals surface area contributed by atoms with Gasteiger partial charge in [-0.3, -0.25) is 19.4 Å². The molecular formula is C21H15F4N3O2. The Morgan fingerprint density at radius 2 is 1.87 bits per heavy atom. The molecule has 0 aliphatic carbocycles. The van der Waals surface area contributed by atoms with E-state index in [-0.39, 0.29) is 23.5 Å². The lowest BCUT2D eigenvalue weighted by atomic mass is 9.97. The number of halogens is 4. The van der Waals surface area contributed by atoms with Gasteiger partial charge in [0.05, 0.1) is 17.9 Å². The topological polar surface area (TPSA) is 56.4 Å². The van der Waals surface area contributed by atoms with Gasteiger partial charge in [0.2, 0.25) is 0 Å². The number of para-hydroxylation sites is 1. The number of H-pyrrole nitrogens is 1. The van der Waals surface area contributed by atoms with Gasteiger partial charge >= 0.3 is 12.1 Å². The number of carbonyl (C=O) groups excluding carboxylic acids is 2. The van der Waals surface area contributed by atoms with Crippen LogP contribution in [-0.4, -0.2) is 41.0 Å². The Balaban J connectivity index is 1.55. The average Bonchev–Trinajstić information content (AvgIpc) is 3.17. The smallest absolute Gasteiger partial charge is 0.357 e. The van der Waals surface area contributed by atoms with Crippen LogP contribution in [0.1, 0.15) is 27.7 Å². The van der Waals surface area contributed by atoms with Crippen molar-refractivity contribution in [1.82, 2.24) is 9.88 Å². The molecule has 2 aliphatic rings. The number of rotatable bonds is 2. The van der Waals surface area contributed by atoms with E-state index >= 15 is 0 Å². The molecule has 0 saturated carbocycles. The maximum atomic E-state index is 14.1. The fourth-order valence-corrected chi connectivity index (χ4v) is 4.41. The third-order valence-electron chi connectivity index (χ3n) is 5.70. The normalized spacial score (nSPS) is 19.5. The Morgan fingerprint density at radius 3 is 2.63 bits per heavy atom. The van der Waals surface area contributed by atoms with Gasteiger partial charge in [0.15, 0.2) is 0 Å². The van der Waals surface area contributed by atoms with Gasteiger partial charge in [0.1, 0.15) is 11.9 Å². The van der Waals surface area contributed by atoms with Gasteiger partial charge in [-0.05, 0) is 36.2 Å². The molecule has 0 radical (unpaired) electrons. The van der Waals surface area contributed by atoms with Crippen molar-refractivity contribution in [3.8, 4) is 0 Å². The van der Waals surface area contributed by atoms with E-state index in [4.69, 9.17) is 0 Å². The molecule has 3 heterocycles. The molecule has 5 nitrogen and oxygen atoms in total. The summed E-state index contributed by atoms with van der Waals surface area (Å²) >= 11 is 0. The summed E-state index contributed by atoms with van der Waals surface area (Å²) in [5.74, 6) is -2.57. The molecule has 30 heavy (non-hydrogen) atoms. The number of nitrogens with zero attached hydrogens (tertiary/aromatic N) is 2. The number of nitrogens with one attached hydrogen (secondary N) is 1. The quantitative estimate of drug-likeness (QED) is 0.507. The van der Waals surface area contributed by atoms with Crippen molar-refractivity contribution in [3.63, 3.8) is 0 Å². The Labute approximate surface area is 167 Å². The summed E-state index contributed by atoms with van der Waals surface area (Å²) in [5.41, 5.74) is 1.26. The Bertz CT molecular complexity index is 1200. The van der Waals surface area contributed by atoms with Crippen LogP contribution < -0.4 is 4.90 Å². The minimum absolute atomic E-state index is 0.0484. The number of hydrogen-bond donors (Lipinski definition) is 1. The zero-order valence-electron chi connectivity index (χ0n) is 15.5. The van der Waals surface area contributed by atoms with Crippen LogP contribution in [0.4, 0.5) is 23.2 Å². The molecule has 0 spiro atoms. The minimum atomic E-state index is -4.60. The van der Waals surface area contributed by atoms with E-state index in [1.165, 1.54) is 6.07 Å². The molecule has 3 aromatic rings. The van der Waals surface area contributed by atoms with E-state index in [1.807, 2.05) is 0 Å². The lowest BCUT2D eigenvalue weighted by Crippen LogP contribution is -2.49. The van der Waals surface area contributed by atoms with Crippen LogP contribution in [0.25, 0.3) is 10.9 Å². The monoisotopic (exact) mass is 417 g/mol. The van der Waals surface area contributed by atoms with Gasteiger partial charge in [-0.1, -0.05) is 18.2 Å². The first-order valence-corrected chi connectivity index (χ1v) is 9.31. The number of amides is 1. The van der Waals surface area contributed by atoms with Gasteiger partial charge in [0.25, 0.3) is 5.78 Å². The number of carbonyl (C=O) groups is 2. The molecule has 1 N–H and O–H groups in total. The maximum absolute atomic E-state index is 14.1. The zero-order chi connectivity index (χ0) is 21.2. The largest absolute Gasteiger partial charge is 0.409 e. The van der Waals surface area contributed by atoms with E-state index in [0.29, 0.717) is 17.5 Å². The molecule has 1 amide bonds. The summed E-state index contributed by atoms with van der Waals surface area (Å²) in [6.45, 7) is -0.379. The fraction of sp³-hybridized carbons (Fsp3) is 0.238. The third kappa shape index (κ3) is 2.72. The van der Waals surface area contributed by atoms with Gasteiger partial charge in [-0.25, -0.2) is 4.39 Å². The number of benzene rings is 2. The summed E-state index contributed by atoms with van der Waals surface area (Å²) in [6, 6.07) is 8.31. The van der Waals surface area contributed by atoms with Crippen molar-refractivity contribution in [1.29, 1.82) is 0 Å². The van der Waals surface area contributed by atoms with Crippen LogP contribution >= 0.6 is 0 Å². The van der Waals surface area contributed by atoms with Crippen molar-refractivity contribution < 1.29 is 27.2 Å². The fourth-order valence-electron chi connectivity index (χ4n) is 4.41. The molecule has 9 heteroatoms. The molecule has 2 aromatic carbocycles. The highest BCUT2D eigenvalue weighted by molar-refractivity contribution is 6.52. The first kappa shape index (κ1) is 18.8. The molecule has 5 rings (SSSR count). The van der Waals surface area contributed by atoms with Crippen LogP contribution in [0, 0.1) is 5.82 Å². The van der Waals surface area contributed by atoms with Crippen molar-refractivity contribution in [2.45, 2.75) is 18.6 Å². The molecule has 1 aromatic heterocycles. The average molecular weight is 417 g/mol. The van der Waals surface area contributed by atoms with Gasteiger partial charge in [0, 0.05) is 23.1 Å². The van der Waals surface area contributed by atoms with Crippen LogP contribution in [-0.2, 0) is 11.2 Å². The molecule has 0 bridgehead atoms. The molecule has 0 unspecified atom stereocenters. The van der Waals surface area contributed by atoms with E-state index in [2.05, 4.69) is 4.98 Å². The predicted molar refractivity (Wildman–Crippen MR) is 101 cm³/mol. The lowest BCUT2D eigenvalue weighted by molar-refractivity contribution is -0.189. The number of ketones is 1. The summed E-state index contributed by atoms with van der Waals surface area (Å²) in [5, 5.41) is 0.745. The number of hydrogen-bond acceptors (Lipinski definition) is 3. The van der Waals surface area contributed by atoms with E-state index in [0.717, 1.165) is 27.3 Å². The number of anilines is 1. The summed E-state index contributed by atoms with van der Waals surface area (Å²) in [6.07, 6.45) is -4.24. The van der Waals surface area contributed by atoms with Crippen LogP contribution in [0.2, 0.25) is 0 Å². The maximum Gasteiger partial charge on any atom is 0.409 e. The van der Waals surface area contributed by atoms with Crippen molar-refractivity contribution in [3.05, 3.63) is 65.1 Å². The summed E-state index contributed by atoms with van der Waals surface area (Å²) in [7, 11) is 0. The SMILES string of the molecule is O=C1C(=O)N(CN2CCc3c([nH]c4ccccc34)[C@H]2C(F)(F)F)c2ccc(F)cc21. The first-order valence-electron chi connectivity index (χ1n) is 9.31. The molecule has 0 saturated heterocycles. The Kier molecular flexibility index (Phi) is 4.01. The van der Waals surface area contributed by atoms with E-state index in [9.17, 15) is 27.2 Å². The van der Waals surface area contributed by atoms with Crippen molar-refractivity contribution in [2.75, 3.05) is 18.1 Å². The number of aromatic nitrogens is 1. The summed E-state index contributed by atoms with van der Waals surface area (Å²) in [4.78, 5) is 29.6. The number of aromatic amines is 1. The molecular weight excluding hydrogens is 402 g/mol. The lowest BCUT2D eigenvalue weighted by Gasteiger charge is -2.38. The van der Waals surface area contributed by atoms with Crippen LogP contribution in [0.15, 0.2) is 42.5 Å². The van der Waals surface area contributed by atoms with Crippen molar-refractivity contribution in [2.24, 2.45) is 0 Å². The Hall–Kier alpha value is -3.20. The minimum Gasteiger partial charge on any atom is -0.357 e. The van der Waals surface area contributed by atoms with Gasteiger partial charge in [-0.2, -0.15) is 13.2 Å². The van der Waals surface area contributed by atoms with Crippen molar-refractivity contribution >= 4 is 28.3 Å². The van der Waals surface area contributed by atoms with E-state index < -0.39 is 36.4 Å². The third-order valence-corrected chi connectivity index (χ3v) is 5.70. The highest BCUT2D eigenvalue weighted by Crippen LogP contribution is 2.44. The second kappa shape index (κ2) is 6.40. The number of alkyl halides is 3. The van der Waals surface area contributed by atoms with Gasteiger partial charge in [-0.15, -0.1) is 0 Å². The molecule has 154 valence electrons. The predicted octanol–water partition coefficient (Wildman–Crippen LogP) is 3.96. The summed E-state index contributed by atoms with van der Waals surface area (Å²) < 4.78 is 55.8. The molecule has 2 aliphatic heterocycles. The Morgan fingerprint density at radius 1 is 1.10 bits per heavy atom. The molecule has 0 fully saturated rings. The first-order chi connectivity index (χ1) is 14.3. The number of fused-ring (bicyclic) bond motifs is 4. The number of Topliss-reactive ketones (excluding diaryl/α,β-unsaturated/α-hetero) is 1. The highest BCUT2D eigenvalue weighted by Gasteiger charge is 2.50. The van der Waals surface area contributed by atoms with E-state index in [1.54, 1.807) is 24.3 Å². The standard InChI is InChI=1S/C21H15F4N3O2/c22-11-5-6-16-14(9-11)18(29)20(30)28(16)10-27-8-7-13-12-3-1-2-4-15(12)26-17(13)19(27)21(23,24)25/h1-6,9,19,26H,7-8,10H2/t19-/m0/s1. The second-order valence-corrected chi connectivity index (χ2v) is 7.43. The van der Waals surface area contributed by atoms with Gasteiger partial charge < -0.3 is 4.98 Å². The van der Waals surface area contributed by atoms with Crippen LogP contribution in [0.3, 0.4) is 0 Å². The second-order valence-electron chi connectivity index (χ2n) is 7.43. The molecule has 1 atom stereocenters. The highest BCUT2D eigenvalue weighted by atomic mass is 19.4.